The molecule has 3 heteroatoms. The Morgan fingerprint density at radius 2 is 1.68 bits per heavy atom. The average Bonchev–Trinajstić information content (AvgIpc) is 2.35. The van der Waals surface area contributed by atoms with Crippen LogP contribution in [0.5, 0.6) is 0 Å². The molecule has 0 aliphatic rings. The fourth-order valence-corrected chi connectivity index (χ4v) is 2.56. The number of hydrogen-bond donors (Lipinski definition) is 1. The highest BCUT2D eigenvalue weighted by molar-refractivity contribution is 6.42. The molecule has 1 atom stereocenters. The smallest absolute Gasteiger partial charge is 0.113 e. The maximum atomic E-state index is 10.8. The van der Waals surface area contributed by atoms with Crippen LogP contribution in [0.4, 0.5) is 0 Å². The van der Waals surface area contributed by atoms with Crippen molar-refractivity contribution >= 4 is 23.2 Å². The topological polar surface area (TPSA) is 20.2 Å². The van der Waals surface area contributed by atoms with Gasteiger partial charge in [-0.1, -0.05) is 53.5 Å². The quantitative estimate of drug-likeness (QED) is 0.838. The van der Waals surface area contributed by atoms with E-state index in [1.54, 1.807) is 25.1 Å². The molecule has 0 saturated carbocycles. The first-order chi connectivity index (χ1) is 8.84. The zero-order valence-corrected chi connectivity index (χ0v) is 12.7. The Hall–Kier alpha value is -1.02. The van der Waals surface area contributed by atoms with Crippen LogP contribution in [-0.2, 0) is 5.60 Å². The van der Waals surface area contributed by atoms with Gasteiger partial charge in [-0.15, -0.1) is 0 Å². The van der Waals surface area contributed by atoms with Crippen LogP contribution in [0.3, 0.4) is 0 Å². The lowest BCUT2D eigenvalue weighted by atomic mass is 9.86. The van der Waals surface area contributed by atoms with Crippen molar-refractivity contribution in [2.75, 3.05) is 0 Å². The number of halogens is 2. The molecule has 100 valence electrons. The molecule has 0 radical (unpaired) electrons. The summed E-state index contributed by atoms with van der Waals surface area (Å²) in [6.45, 7) is 5.79. The minimum atomic E-state index is -1.17. The molecule has 0 heterocycles. The third-order valence-corrected chi connectivity index (χ3v) is 4.36. The molecule has 1 nitrogen and oxygen atoms in total. The second-order valence-corrected chi connectivity index (χ2v) is 5.76. The molecule has 0 aromatic heterocycles. The summed E-state index contributed by atoms with van der Waals surface area (Å²) in [5, 5.41) is 11.7. The minimum Gasteiger partial charge on any atom is -0.381 e. The van der Waals surface area contributed by atoms with Gasteiger partial charge < -0.3 is 5.11 Å². The molecule has 0 saturated heterocycles. The highest BCUT2D eigenvalue weighted by Gasteiger charge is 2.29. The SMILES string of the molecule is Cc1ccc(C(C)(O)c2cccc(Cl)c2Cl)cc1C. The highest BCUT2D eigenvalue weighted by Crippen LogP contribution is 2.37. The standard InChI is InChI=1S/C16H16Cl2O/c1-10-7-8-12(9-11(10)2)16(3,19)13-5-4-6-14(17)15(13)18/h4-9,19H,1-3H3. The van der Waals surface area contributed by atoms with Crippen molar-refractivity contribution < 1.29 is 5.11 Å². The van der Waals surface area contributed by atoms with Crippen molar-refractivity contribution in [2.45, 2.75) is 26.4 Å². The maximum Gasteiger partial charge on any atom is 0.113 e. The fourth-order valence-electron chi connectivity index (χ4n) is 2.08. The normalized spacial score (nSPS) is 14.2. The Labute approximate surface area is 123 Å². The minimum absolute atomic E-state index is 0.396. The first-order valence-electron chi connectivity index (χ1n) is 6.08. The Bertz CT molecular complexity index is 618. The lowest BCUT2D eigenvalue weighted by Gasteiger charge is -2.26. The summed E-state index contributed by atoms with van der Waals surface area (Å²) in [7, 11) is 0. The highest BCUT2D eigenvalue weighted by atomic mass is 35.5. The second-order valence-electron chi connectivity index (χ2n) is 4.97. The largest absolute Gasteiger partial charge is 0.381 e. The first-order valence-corrected chi connectivity index (χ1v) is 6.84. The van der Waals surface area contributed by atoms with Gasteiger partial charge in [-0.3, -0.25) is 0 Å². The average molecular weight is 295 g/mol. The van der Waals surface area contributed by atoms with Crippen molar-refractivity contribution in [3.63, 3.8) is 0 Å². The molecular formula is C16H16Cl2O. The Balaban J connectivity index is 2.58. The van der Waals surface area contributed by atoms with Gasteiger partial charge in [0.2, 0.25) is 0 Å². The lowest BCUT2D eigenvalue weighted by molar-refractivity contribution is 0.102. The van der Waals surface area contributed by atoms with E-state index >= 15 is 0 Å². The molecule has 0 fully saturated rings. The van der Waals surface area contributed by atoms with E-state index in [-0.39, 0.29) is 0 Å². The molecular weight excluding hydrogens is 279 g/mol. The van der Waals surface area contributed by atoms with E-state index in [0.717, 1.165) is 11.1 Å². The molecule has 0 aliphatic heterocycles. The van der Waals surface area contributed by atoms with E-state index in [9.17, 15) is 5.11 Å². The maximum absolute atomic E-state index is 10.8. The molecule has 2 aromatic carbocycles. The molecule has 0 amide bonds. The Morgan fingerprint density at radius 1 is 1.00 bits per heavy atom. The van der Waals surface area contributed by atoms with Gasteiger partial charge >= 0.3 is 0 Å². The van der Waals surface area contributed by atoms with E-state index in [2.05, 4.69) is 0 Å². The summed E-state index contributed by atoms with van der Waals surface area (Å²) in [4.78, 5) is 0. The van der Waals surface area contributed by atoms with E-state index in [4.69, 9.17) is 23.2 Å². The second kappa shape index (κ2) is 5.16. The summed E-state index contributed by atoms with van der Waals surface area (Å²) in [6, 6.07) is 11.2. The number of aliphatic hydroxyl groups is 1. The van der Waals surface area contributed by atoms with Crippen LogP contribution in [0.1, 0.15) is 29.2 Å². The zero-order chi connectivity index (χ0) is 14.2. The van der Waals surface area contributed by atoms with Crippen LogP contribution in [0.15, 0.2) is 36.4 Å². The molecule has 0 spiro atoms. The van der Waals surface area contributed by atoms with Crippen LogP contribution < -0.4 is 0 Å². The van der Waals surface area contributed by atoms with Gasteiger partial charge in [0.15, 0.2) is 0 Å². The Kier molecular flexibility index (Phi) is 3.91. The zero-order valence-electron chi connectivity index (χ0n) is 11.2. The van der Waals surface area contributed by atoms with Crippen molar-refractivity contribution in [1.29, 1.82) is 0 Å². The van der Waals surface area contributed by atoms with Crippen LogP contribution in [-0.4, -0.2) is 5.11 Å². The van der Waals surface area contributed by atoms with Crippen LogP contribution in [0.2, 0.25) is 10.0 Å². The summed E-state index contributed by atoms with van der Waals surface area (Å²) >= 11 is 12.2. The first kappa shape index (κ1) is 14.4. The molecule has 0 bridgehead atoms. The van der Waals surface area contributed by atoms with Crippen molar-refractivity contribution in [3.05, 3.63) is 68.7 Å². The van der Waals surface area contributed by atoms with E-state index in [1.807, 2.05) is 32.0 Å². The summed E-state index contributed by atoms with van der Waals surface area (Å²) in [6.07, 6.45) is 0. The number of aryl methyl sites for hydroxylation is 2. The fraction of sp³-hybridized carbons (Fsp3) is 0.250. The summed E-state index contributed by atoms with van der Waals surface area (Å²) in [5.41, 5.74) is 2.58. The Morgan fingerprint density at radius 3 is 2.32 bits per heavy atom. The number of rotatable bonds is 2. The van der Waals surface area contributed by atoms with Crippen LogP contribution in [0, 0.1) is 13.8 Å². The molecule has 0 aliphatic carbocycles. The van der Waals surface area contributed by atoms with Gasteiger partial charge in [-0.25, -0.2) is 0 Å². The van der Waals surface area contributed by atoms with Gasteiger partial charge in [0.1, 0.15) is 5.60 Å². The molecule has 19 heavy (non-hydrogen) atoms. The predicted molar refractivity (Wildman–Crippen MR) is 81.1 cm³/mol. The van der Waals surface area contributed by atoms with Gasteiger partial charge in [0.25, 0.3) is 0 Å². The molecule has 1 N–H and O–H groups in total. The van der Waals surface area contributed by atoms with Crippen LogP contribution >= 0.6 is 23.2 Å². The van der Waals surface area contributed by atoms with Gasteiger partial charge in [0.05, 0.1) is 10.0 Å². The number of benzene rings is 2. The van der Waals surface area contributed by atoms with Gasteiger partial charge in [0, 0.05) is 5.56 Å². The van der Waals surface area contributed by atoms with Crippen molar-refractivity contribution in [3.8, 4) is 0 Å². The summed E-state index contributed by atoms with van der Waals surface area (Å²) in [5.74, 6) is 0. The van der Waals surface area contributed by atoms with Crippen molar-refractivity contribution in [2.24, 2.45) is 0 Å². The third kappa shape index (κ3) is 2.64. The number of hydrogen-bond acceptors (Lipinski definition) is 1. The van der Waals surface area contributed by atoms with E-state index in [0.29, 0.717) is 15.6 Å². The third-order valence-electron chi connectivity index (χ3n) is 3.55. The van der Waals surface area contributed by atoms with Crippen molar-refractivity contribution in [1.82, 2.24) is 0 Å². The van der Waals surface area contributed by atoms with Gasteiger partial charge in [-0.05, 0) is 43.5 Å². The molecule has 2 rings (SSSR count). The van der Waals surface area contributed by atoms with Gasteiger partial charge in [-0.2, -0.15) is 0 Å². The predicted octanol–water partition coefficient (Wildman–Crippen LogP) is 4.87. The monoisotopic (exact) mass is 294 g/mol. The summed E-state index contributed by atoms with van der Waals surface area (Å²) < 4.78 is 0. The molecule has 1 unspecified atom stereocenters. The van der Waals surface area contributed by atoms with E-state index < -0.39 is 5.60 Å². The van der Waals surface area contributed by atoms with E-state index in [1.165, 1.54) is 5.56 Å². The lowest BCUT2D eigenvalue weighted by Crippen LogP contribution is -2.23. The molecule has 2 aromatic rings. The van der Waals surface area contributed by atoms with Crippen LogP contribution in [0.25, 0.3) is 0 Å².